The summed E-state index contributed by atoms with van der Waals surface area (Å²) in [7, 11) is -0.781. The Bertz CT molecular complexity index is 1080. The largest absolute Gasteiger partial charge is 0.493 e. The number of amides is 1. The number of benzene rings is 2. The number of anilines is 1. The second kappa shape index (κ2) is 10.4. The maximum Gasteiger partial charge on any atom is 0.255 e. The maximum atomic E-state index is 13.1. The molecule has 1 N–H and O–H groups in total. The lowest BCUT2D eigenvalue weighted by Gasteiger charge is -2.26. The van der Waals surface area contributed by atoms with Gasteiger partial charge in [-0.25, -0.2) is 8.42 Å². The first-order valence-electron chi connectivity index (χ1n) is 10.3. The third-order valence-electron chi connectivity index (χ3n) is 5.15. The molecule has 2 aromatic carbocycles. The molecular formula is C22H27ClN2O6S. The second-order valence-electron chi connectivity index (χ2n) is 7.20. The minimum absolute atomic E-state index is 0.100. The highest BCUT2D eigenvalue weighted by molar-refractivity contribution is 7.89. The van der Waals surface area contributed by atoms with Gasteiger partial charge in [-0.2, -0.15) is 4.31 Å². The summed E-state index contributed by atoms with van der Waals surface area (Å²) in [5.74, 6) is 0.485. The highest BCUT2D eigenvalue weighted by Gasteiger charge is 2.27. The number of ether oxygens (including phenoxy) is 3. The van der Waals surface area contributed by atoms with Gasteiger partial charge >= 0.3 is 0 Å². The molecule has 10 heteroatoms. The topological polar surface area (TPSA) is 94.2 Å². The van der Waals surface area contributed by atoms with E-state index in [4.69, 9.17) is 25.8 Å². The summed E-state index contributed by atoms with van der Waals surface area (Å²) in [5, 5.41) is 2.95. The predicted molar refractivity (Wildman–Crippen MR) is 123 cm³/mol. The molecule has 174 valence electrons. The normalized spacial score (nSPS) is 14.6. The van der Waals surface area contributed by atoms with Crippen LogP contribution in [0.3, 0.4) is 0 Å². The number of piperidine rings is 1. The maximum absolute atomic E-state index is 13.1. The number of carbonyl (C=O) groups is 1. The minimum atomic E-state index is -3.67. The van der Waals surface area contributed by atoms with E-state index in [0.717, 1.165) is 19.3 Å². The van der Waals surface area contributed by atoms with E-state index in [-0.39, 0.29) is 21.2 Å². The van der Waals surface area contributed by atoms with Crippen LogP contribution in [0.2, 0.25) is 5.02 Å². The number of methoxy groups -OCH3 is 2. The van der Waals surface area contributed by atoms with E-state index >= 15 is 0 Å². The van der Waals surface area contributed by atoms with Crippen molar-refractivity contribution in [2.24, 2.45) is 0 Å². The second-order valence-corrected chi connectivity index (χ2v) is 9.55. The smallest absolute Gasteiger partial charge is 0.255 e. The van der Waals surface area contributed by atoms with Crippen molar-refractivity contribution < 1.29 is 27.4 Å². The third kappa shape index (κ3) is 5.11. The van der Waals surface area contributed by atoms with Gasteiger partial charge in [-0.15, -0.1) is 0 Å². The van der Waals surface area contributed by atoms with Crippen LogP contribution in [0.1, 0.15) is 36.5 Å². The molecule has 1 fully saturated rings. The molecule has 0 unspecified atom stereocenters. The van der Waals surface area contributed by atoms with Crippen LogP contribution >= 0.6 is 11.6 Å². The van der Waals surface area contributed by atoms with Crippen LogP contribution in [-0.2, 0) is 10.0 Å². The Morgan fingerprint density at radius 2 is 1.78 bits per heavy atom. The van der Waals surface area contributed by atoms with E-state index in [1.165, 1.54) is 42.8 Å². The van der Waals surface area contributed by atoms with Gasteiger partial charge in [0, 0.05) is 18.7 Å². The summed E-state index contributed by atoms with van der Waals surface area (Å²) in [6, 6.07) is 7.42. The molecule has 2 aromatic rings. The quantitative estimate of drug-likeness (QED) is 0.606. The van der Waals surface area contributed by atoms with Gasteiger partial charge in [-0.05, 0) is 50.1 Å². The van der Waals surface area contributed by atoms with E-state index < -0.39 is 15.9 Å². The molecule has 3 rings (SSSR count). The van der Waals surface area contributed by atoms with Crippen molar-refractivity contribution in [3.63, 3.8) is 0 Å². The standard InChI is InChI=1S/C22H27ClN2O6S/c1-4-31-19-9-8-16(32(27,28)25-10-6-5-7-11-25)14-18(19)24-22(26)15-12-17(23)21(30-3)20(13-15)29-2/h8-9,12-14H,4-7,10-11H2,1-3H3,(H,24,26). The molecule has 1 saturated heterocycles. The van der Waals surface area contributed by atoms with Crippen LogP contribution in [0.15, 0.2) is 35.2 Å². The van der Waals surface area contributed by atoms with E-state index in [9.17, 15) is 13.2 Å². The van der Waals surface area contributed by atoms with Gasteiger partial charge in [0.05, 0.1) is 36.4 Å². The van der Waals surface area contributed by atoms with Crippen molar-refractivity contribution in [2.75, 3.05) is 39.2 Å². The molecular weight excluding hydrogens is 456 g/mol. The molecule has 0 atom stereocenters. The summed E-state index contributed by atoms with van der Waals surface area (Å²) < 4.78 is 43.7. The number of sulfonamides is 1. The molecule has 1 heterocycles. The molecule has 0 bridgehead atoms. The van der Waals surface area contributed by atoms with Crippen molar-refractivity contribution in [1.29, 1.82) is 0 Å². The average Bonchev–Trinajstić information content (AvgIpc) is 2.80. The van der Waals surface area contributed by atoms with Crippen LogP contribution in [-0.4, -0.2) is 52.5 Å². The number of nitrogens with one attached hydrogen (secondary N) is 1. The Labute approximate surface area is 193 Å². The van der Waals surface area contributed by atoms with Crippen molar-refractivity contribution in [3.05, 3.63) is 40.9 Å². The Kier molecular flexibility index (Phi) is 7.86. The number of hydrogen-bond donors (Lipinski definition) is 1. The summed E-state index contributed by atoms with van der Waals surface area (Å²) in [4.78, 5) is 13.1. The van der Waals surface area contributed by atoms with Gasteiger partial charge in [0.1, 0.15) is 5.75 Å². The lowest BCUT2D eigenvalue weighted by atomic mass is 10.1. The van der Waals surface area contributed by atoms with E-state index in [1.54, 1.807) is 13.0 Å². The predicted octanol–water partition coefficient (Wildman–Crippen LogP) is 4.18. The fraction of sp³-hybridized carbons (Fsp3) is 0.409. The highest BCUT2D eigenvalue weighted by atomic mass is 35.5. The lowest BCUT2D eigenvalue weighted by Crippen LogP contribution is -2.35. The van der Waals surface area contributed by atoms with Gasteiger partial charge < -0.3 is 19.5 Å². The van der Waals surface area contributed by atoms with Crippen LogP contribution in [0.4, 0.5) is 5.69 Å². The number of nitrogens with zero attached hydrogens (tertiary/aromatic N) is 1. The molecule has 8 nitrogen and oxygen atoms in total. The Balaban J connectivity index is 1.95. The van der Waals surface area contributed by atoms with Crippen molar-refractivity contribution >= 4 is 33.2 Å². The van der Waals surface area contributed by atoms with Gasteiger partial charge in [0.25, 0.3) is 5.91 Å². The minimum Gasteiger partial charge on any atom is -0.493 e. The number of carbonyl (C=O) groups excluding carboxylic acids is 1. The van der Waals surface area contributed by atoms with Crippen molar-refractivity contribution in [2.45, 2.75) is 31.1 Å². The van der Waals surface area contributed by atoms with Gasteiger partial charge in [0.2, 0.25) is 10.0 Å². The zero-order valence-corrected chi connectivity index (χ0v) is 19.9. The summed E-state index contributed by atoms with van der Waals surface area (Å²) >= 11 is 6.22. The molecule has 1 aliphatic rings. The molecule has 0 spiro atoms. The Morgan fingerprint density at radius 1 is 1.06 bits per heavy atom. The van der Waals surface area contributed by atoms with E-state index in [1.807, 2.05) is 0 Å². The zero-order chi connectivity index (χ0) is 23.3. The summed E-state index contributed by atoms with van der Waals surface area (Å²) in [6.07, 6.45) is 2.68. The molecule has 0 aromatic heterocycles. The molecule has 0 radical (unpaired) electrons. The van der Waals surface area contributed by atoms with Gasteiger partial charge in [-0.1, -0.05) is 18.0 Å². The molecule has 32 heavy (non-hydrogen) atoms. The Hall–Kier alpha value is -2.49. The first-order valence-corrected chi connectivity index (χ1v) is 12.1. The van der Waals surface area contributed by atoms with E-state index in [0.29, 0.717) is 36.9 Å². The van der Waals surface area contributed by atoms with Gasteiger partial charge in [-0.3, -0.25) is 4.79 Å². The van der Waals surface area contributed by atoms with Crippen molar-refractivity contribution in [1.82, 2.24) is 4.31 Å². The highest BCUT2D eigenvalue weighted by Crippen LogP contribution is 2.37. The van der Waals surface area contributed by atoms with Crippen LogP contribution in [0, 0.1) is 0 Å². The molecule has 0 saturated carbocycles. The number of halogens is 1. The van der Waals surface area contributed by atoms with Crippen LogP contribution < -0.4 is 19.5 Å². The SMILES string of the molecule is CCOc1ccc(S(=O)(=O)N2CCCCC2)cc1NC(=O)c1cc(Cl)c(OC)c(OC)c1. The van der Waals surface area contributed by atoms with Crippen LogP contribution in [0.5, 0.6) is 17.2 Å². The Morgan fingerprint density at radius 3 is 2.41 bits per heavy atom. The monoisotopic (exact) mass is 482 g/mol. The first kappa shape index (κ1) is 24.2. The fourth-order valence-electron chi connectivity index (χ4n) is 3.55. The lowest BCUT2D eigenvalue weighted by molar-refractivity contribution is 0.102. The fourth-order valence-corrected chi connectivity index (χ4v) is 5.38. The molecule has 0 aliphatic carbocycles. The van der Waals surface area contributed by atoms with Gasteiger partial charge in [0.15, 0.2) is 11.5 Å². The average molecular weight is 483 g/mol. The zero-order valence-electron chi connectivity index (χ0n) is 18.3. The summed E-state index contributed by atoms with van der Waals surface area (Å²) in [6.45, 7) is 3.13. The van der Waals surface area contributed by atoms with Crippen molar-refractivity contribution in [3.8, 4) is 17.2 Å². The molecule has 1 amide bonds. The summed E-state index contributed by atoms with van der Waals surface area (Å²) in [5.41, 5.74) is 0.472. The van der Waals surface area contributed by atoms with E-state index in [2.05, 4.69) is 5.32 Å². The first-order chi connectivity index (χ1) is 15.3. The molecule has 1 aliphatic heterocycles. The third-order valence-corrected chi connectivity index (χ3v) is 7.32. The number of rotatable bonds is 8. The van der Waals surface area contributed by atoms with Crippen LogP contribution in [0.25, 0.3) is 0 Å². The number of hydrogen-bond acceptors (Lipinski definition) is 6.